The van der Waals surface area contributed by atoms with Gasteiger partial charge in [-0.3, -0.25) is 43.9 Å². The molecule has 1 N–H and O–H groups in total. The van der Waals surface area contributed by atoms with E-state index >= 15 is 0 Å². The standard InChI is InChI=1S/C41H43N9O8/c1-46(21-33-35(56-3)14-24(15-36(33)57-4)32-22-47(2)39(53)31-17-42-11-10-28(31)32)12-5-13-49-18-25(44-45-49)23-58-27-19-48(20-27)26-6-7-29-30(16-26)41(55)50(40(29)54)34-8-9-37(51)43-38(34)52/h6-7,10-11,14-18,22,27,34H,5,8-9,12-13,19-21,23H2,1-4H3,(H,43,51,52). The van der Waals surface area contributed by atoms with Gasteiger partial charge in [0.15, 0.2) is 0 Å². The number of piperidine rings is 1. The number of fused-ring (bicyclic) bond motifs is 2. The molecule has 1 unspecified atom stereocenters. The Hall–Kier alpha value is -6.46. The molecular formula is C41H43N9O8. The zero-order chi connectivity index (χ0) is 40.7. The first-order valence-corrected chi connectivity index (χ1v) is 19.0. The second-order valence-electron chi connectivity index (χ2n) is 14.8. The first-order valence-electron chi connectivity index (χ1n) is 19.0. The van der Waals surface area contributed by atoms with Crippen molar-refractivity contribution in [3.63, 3.8) is 0 Å². The van der Waals surface area contributed by atoms with Crippen LogP contribution in [-0.4, -0.2) is 111 Å². The molecule has 17 nitrogen and oxygen atoms in total. The molecule has 3 aliphatic heterocycles. The number of carbonyl (C=O) groups is 4. The Morgan fingerprint density at radius 1 is 0.914 bits per heavy atom. The van der Waals surface area contributed by atoms with E-state index in [2.05, 4.69) is 30.4 Å². The maximum absolute atomic E-state index is 13.2. The van der Waals surface area contributed by atoms with E-state index in [0.29, 0.717) is 49.7 Å². The number of anilines is 1. The summed E-state index contributed by atoms with van der Waals surface area (Å²) in [5.74, 6) is -0.728. The lowest BCUT2D eigenvalue weighted by Crippen LogP contribution is -2.54. The minimum absolute atomic E-state index is 0.0505. The van der Waals surface area contributed by atoms with Gasteiger partial charge in [0.25, 0.3) is 17.4 Å². The Kier molecular flexibility index (Phi) is 10.5. The summed E-state index contributed by atoms with van der Waals surface area (Å²) in [6.45, 7) is 3.51. The van der Waals surface area contributed by atoms with E-state index in [4.69, 9.17) is 14.2 Å². The summed E-state index contributed by atoms with van der Waals surface area (Å²) in [7, 11) is 7.05. The van der Waals surface area contributed by atoms with Crippen molar-refractivity contribution in [1.29, 1.82) is 0 Å². The molecule has 58 heavy (non-hydrogen) atoms. The summed E-state index contributed by atoms with van der Waals surface area (Å²) < 4.78 is 21.2. The van der Waals surface area contributed by atoms with Gasteiger partial charge in [-0.1, -0.05) is 5.21 Å². The number of aryl methyl sites for hydroxylation is 2. The van der Waals surface area contributed by atoms with Crippen LogP contribution in [0.5, 0.6) is 11.5 Å². The number of nitrogens with one attached hydrogen (secondary N) is 1. The zero-order valence-electron chi connectivity index (χ0n) is 32.6. The summed E-state index contributed by atoms with van der Waals surface area (Å²) in [6.07, 6.45) is 7.93. The molecule has 3 aromatic heterocycles. The molecule has 6 heterocycles. The summed E-state index contributed by atoms with van der Waals surface area (Å²) in [6, 6.07) is 9.88. The maximum atomic E-state index is 13.2. The molecule has 2 saturated heterocycles. The SMILES string of the molecule is COc1cc(-c2cn(C)c(=O)c3cnccc23)cc(OC)c1CN(C)CCCn1cc(COC2CN(c3ccc4c(c3)C(=O)N(C3CCC(=O)NC3=O)C4=O)C2)nn1. The molecule has 5 aromatic rings. The second kappa shape index (κ2) is 15.8. The van der Waals surface area contributed by atoms with Gasteiger partial charge in [-0.25, -0.2) is 0 Å². The molecule has 0 bridgehead atoms. The lowest BCUT2D eigenvalue weighted by atomic mass is 9.99. The van der Waals surface area contributed by atoms with Gasteiger partial charge in [-0.15, -0.1) is 5.10 Å². The third-order valence-electron chi connectivity index (χ3n) is 10.9. The topological polar surface area (TPSA) is 183 Å². The van der Waals surface area contributed by atoms with E-state index in [1.54, 1.807) is 56.4 Å². The fourth-order valence-electron chi connectivity index (χ4n) is 7.82. The third-order valence-corrected chi connectivity index (χ3v) is 10.9. The Morgan fingerprint density at radius 2 is 1.67 bits per heavy atom. The van der Waals surface area contributed by atoms with Crippen LogP contribution >= 0.6 is 0 Å². The highest BCUT2D eigenvalue weighted by atomic mass is 16.5. The number of aromatic nitrogens is 5. The quantitative estimate of drug-likeness (QED) is 0.162. The van der Waals surface area contributed by atoms with Crippen LogP contribution in [0.15, 0.2) is 66.0 Å². The number of nitrogens with zero attached hydrogens (tertiary/aromatic N) is 8. The predicted molar refractivity (Wildman–Crippen MR) is 210 cm³/mol. The number of hydrogen-bond donors (Lipinski definition) is 1. The van der Waals surface area contributed by atoms with Crippen molar-refractivity contribution in [2.45, 2.75) is 51.1 Å². The van der Waals surface area contributed by atoms with E-state index < -0.39 is 29.7 Å². The molecule has 1 atom stereocenters. The van der Waals surface area contributed by atoms with Crippen LogP contribution in [-0.2, 0) is 41.1 Å². The fourth-order valence-corrected chi connectivity index (χ4v) is 7.82. The fraction of sp³-hybridized carbons (Fsp3) is 0.366. The van der Waals surface area contributed by atoms with E-state index in [-0.39, 0.29) is 35.6 Å². The Bertz CT molecular complexity index is 2480. The molecule has 300 valence electrons. The van der Waals surface area contributed by atoms with E-state index in [1.165, 1.54) is 0 Å². The highest BCUT2D eigenvalue weighted by Crippen LogP contribution is 2.38. The lowest BCUT2D eigenvalue weighted by Gasteiger charge is -2.40. The molecule has 8 rings (SSSR count). The highest BCUT2D eigenvalue weighted by Gasteiger charge is 2.45. The number of carbonyl (C=O) groups excluding carboxylic acids is 4. The minimum Gasteiger partial charge on any atom is -0.496 e. The molecule has 2 fully saturated rings. The van der Waals surface area contributed by atoms with Crippen LogP contribution in [0.1, 0.15) is 51.2 Å². The van der Waals surface area contributed by atoms with Gasteiger partial charge in [0.2, 0.25) is 11.8 Å². The number of pyridine rings is 2. The first kappa shape index (κ1) is 38.4. The number of imide groups is 2. The van der Waals surface area contributed by atoms with E-state index in [0.717, 1.165) is 51.3 Å². The molecule has 4 amide bonds. The molecule has 0 radical (unpaired) electrons. The van der Waals surface area contributed by atoms with E-state index in [9.17, 15) is 24.0 Å². The molecule has 3 aliphatic rings. The van der Waals surface area contributed by atoms with Gasteiger partial charge >= 0.3 is 0 Å². The molecular weight excluding hydrogens is 747 g/mol. The van der Waals surface area contributed by atoms with Crippen LogP contribution in [0.25, 0.3) is 21.9 Å². The molecule has 0 spiro atoms. The van der Waals surface area contributed by atoms with Gasteiger partial charge in [0.05, 0.1) is 55.2 Å². The van der Waals surface area contributed by atoms with Crippen molar-refractivity contribution < 1.29 is 33.4 Å². The minimum atomic E-state index is -0.999. The van der Waals surface area contributed by atoms with Crippen LogP contribution < -0.4 is 25.2 Å². The highest BCUT2D eigenvalue weighted by molar-refractivity contribution is 6.23. The van der Waals surface area contributed by atoms with E-state index in [1.807, 2.05) is 42.3 Å². The maximum Gasteiger partial charge on any atom is 0.262 e. The number of ether oxygens (including phenoxy) is 3. The van der Waals surface area contributed by atoms with Crippen LogP contribution in [0.3, 0.4) is 0 Å². The average molecular weight is 790 g/mol. The molecule has 17 heteroatoms. The summed E-state index contributed by atoms with van der Waals surface area (Å²) >= 11 is 0. The van der Waals surface area contributed by atoms with Gasteiger partial charge in [-0.05, 0) is 73.8 Å². The number of methoxy groups -OCH3 is 2. The van der Waals surface area contributed by atoms with Crippen molar-refractivity contribution in [3.8, 4) is 22.6 Å². The molecule has 0 saturated carbocycles. The Balaban J connectivity index is 0.813. The van der Waals surface area contributed by atoms with Crippen LogP contribution in [0, 0.1) is 0 Å². The second-order valence-corrected chi connectivity index (χ2v) is 14.8. The largest absolute Gasteiger partial charge is 0.496 e. The lowest BCUT2D eigenvalue weighted by molar-refractivity contribution is -0.136. The summed E-state index contributed by atoms with van der Waals surface area (Å²) in [4.78, 5) is 72.3. The van der Waals surface area contributed by atoms with Gasteiger partial charge < -0.3 is 28.6 Å². The van der Waals surface area contributed by atoms with Crippen molar-refractivity contribution in [2.24, 2.45) is 7.05 Å². The smallest absolute Gasteiger partial charge is 0.262 e. The molecule has 0 aliphatic carbocycles. The normalized spacial score (nSPS) is 16.9. The summed E-state index contributed by atoms with van der Waals surface area (Å²) in [5.41, 5.74) is 4.54. The Morgan fingerprint density at radius 3 is 2.41 bits per heavy atom. The van der Waals surface area contributed by atoms with Gasteiger partial charge in [0.1, 0.15) is 23.2 Å². The first-order chi connectivity index (χ1) is 28.0. The van der Waals surface area contributed by atoms with Crippen molar-refractivity contribution in [2.75, 3.05) is 45.8 Å². The number of hydrogen-bond acceptors (Lipinski definition) is 13. The zero-order valence-corrected chi connectivity index (χ0v) is 32.6. The monoisotopic (exact) mass is 789 g/mol. The van der Waals surface area contributed by atoms with Crippen molar-refractivity contribution in [3.05, 3.63) is 93.9 Å². The van der Waals surface area contributed by atoms with Crippen LogP contribution in [0.4, 0.5) is 5.69 Å². The van der Waals surface area contributed by atoms with Crippen molar-refractivity contribution in [1.82, 2.24) is 39.7 Å². The predicted octanol–water partition coefficient (Wildman–Crippen LogP) is 2.54. The van der Waals surface area contributed by atoms with Gasteiger partial charge in [0, 0.05) is 69.5 Å². The Labute approximate surface area is 333 Å². The van der Waals surface area contributed by atoms with Gasteiger partial charge in [-0.2, -0.15) is 0 Å². The number of rotatable bonds is 14. The number of benzene rings is 2. The third kappa shape index (κ3) is 7.29. The number of amides is 4. The average Bonchev–Trinajstić information content (AvgIpc) is 3.76. The van der Waals surface area contributed by atoms with Crippen molar-refractivity contribution >= 4 is 40.1 Å². The molecule has 2 aromatic carbocycles. The van der Waals surface area contributed by atoms with Crippen LogP contribution in [0.2, 0.25) is 0 Å². The summed E-state index contributed by atoms with van der Waals surface area (Å²) in [5, 5.41) is 12.1.